The zero-order valence-corrected chi connectivity index (χ0v) is 12.4. The second-order valence-electron chi connectivity index (χ2n) is 5.34. The first-order chi connectivity index (χ1) is 9.81. The summed E-state index contributed by atoms with van der Waals surface area (Å²) in [4.78, 5) is 15.1. The van der Waals surface area contributed by atoms with Crippen LogP contribution in [-0.4, -0.2) is 36.9 Å². The fourth-order valence-electron chi connectivity index (χ4n) is 2.18. The number of rotatable bonds is 5. The van der Waals surface area contributed by atoms with Crippen LogP contribution in [-0.2, 0) is 11.3 Å². The van der Waals surface area contributed by atoms with Gasteiger partial charge in [0.1, 0.15) is 11.9 Å². The van der Waals surface area contributed by atoms with Crippen LogP contribution in [0.2, 0.25) is 5.02 Å². The molecule has 2 unspecified atom stereocenters. The number of halogens is 1. The lowest BCUT2D eigenvalue weighted by atomic mass is 10.1. The highest BCUT2D eigenvalue weighted by Gasteiger charge is 2.30. The van der Waals surface area contributed by atoms with Crippen LogP contribution in [0.1, 0.15) is 25.8 Å². The largest absolute Gasteiger partial charge is 0.479 e. The minimum absolute atomic E-state index is 0.121. The fourth-order valence-corrected chi connectivity index (χ4v) is 2.35. The van der Waals surface area contributed by atoms with Crippen molar-refractivity contribution in [2.45, 2.75) is 32.6 Å². The number of carboxylic acid groups (broad SMARTS) is 1. The molecule has 2 aromatic rings. The average molecular weight is 313 g/mol. The van der Waals surface area contributed by atoms with Gasteiger partial charge in [-0.25, -0.2) is 9.78 Å². The van der Waals surface area contributed by atoms with E-state index in [0.29, 0.717) is 17.1 Å². The SMILES string of the molecule is CC(C)Cn1c(C(O)C(O)C(=O)O)nc2cc(Cl)ccc21. The van der Waals surface area contributed by atoms with Crippen molar-refractivity contribution in [3.8, 4) is 0 Å². The Balaban J connectivity index is 2.57. The summed E-state index contributed by atoms with van der Waals surface area (Å²) in [5.41, 5.74) is 1.29. The van der Waals surface area contributed by atoms with E-state index in [1.54, 1.807) is 22.8 Å². The van der Waals surface area contributed by atoms with Gasteiger partial charge in [-0.3, -0.25) is 0 Å². The van der Waals surface area contributed by atoms with E-state index in [0.717, 1.165) is 5.52 Å². The Bertz CT molecular complexity index is 668. The minimum atomic E-state index is -1.93. The molecule has 3 N–H and O–H groups in total. The molecular formula is C14H17ClN2O4. The molecule has 1 aromatic heterocycles. The minimum Gasteiger partial charge on any atom is -0.479 e. The number of nitrogens with zero attached hydrogens (tertiary/aromatic N) is 2. The van der Waals surface area contributed by atoms with Crippen LogP contribution in [0.25, 0.3) is 11.0 Å². The molecule has 114 valence electrons. The van der Waals surface area contributed by atoms with E-state index in [-0.39, 0.29) is 11.7 Å². The van der Waals surface area contributed by atoms with Crippen LogP contribution in [0.4, 0.5) is 0 Å². The van der Waals surface area contributed by atoms with Gasteiger partial charge >= 0.3 is 5.97 Å². The number of aliphatic hydroxyl groups excluding tert-OH is 2. The molecule has 0 amide bonds. The fraction of sp³-hybridized carbons (Fsp3) is 0.429. The van der Waals surface area contributed by atoms with Gasteiger partial charge in [0.05, 0.1) is 11.0 Å². The van der Waals surface area contributed by atoms with E-state index >= 15 is 0 Å². The summed E-state index contributed by atoms with van der Waals surface area (Å²) in [6.07, 6.45) is -3.53. The summed E-state index contributed by atoms with van der Waals surface area (Å²) in [7, 11) is 0. The molecular weight excluding hydrogens is 296 g/mol. The van der Waals surface area contributed by atoms with Crippen molar-refractivity contribution < 1.29 is 20.1 Å². The lowest BCUT2D eigenvalue weighted by Crippen LogP contribution is -2.29. The molecule has 0 saturated heterocycles. The number of hydrogen-bond donors (Lipinski definition) is 3. The maximum absolute atomic E-state index is 10.8. The number of aliphatic carboxylic acids is 1. The van der Waals surface area contributed by atoms with E-state index in [9.17, 15) is 15.0 Å². The number of imidazole rings is 1. The maximum atomic E-state index is 10.8. The van der Waals surface area contributed by atoms with E-state index in [1.807, 2.05) is 13.8 Å². The molecule has 6 nitrogen and oxygen atoms in total. The van der Waals surface area contributed by atoms with E-state index in [1.165, 1.54) is 0 Å². The Morgan fingerprint density at radius 1 is 1.38 bits per heavy atom. The molecule has 0 bridgehead atoms. The average Bonchev–Trinajstić information content (AvgIpc) is 2.74. The summed E-state index contributed by atoms with van der Waals surface area (Å²) >= 11 is 5.92. The number of hydrogen-bond acceptors (Lipinski definition) is 4. The van der Waals surface area contributed by atoms with Crippen molar-refractivity contribution in [1.29, 1.82) is 0 Å². The molecule has 0 radical (unpaired) electrons. The van der Waals surface area contributed by atoms with Crippen LogP contribution >= 0.6 is 11.6 Å². The molecule has 0 aliphatic heterocycles. The van der Waals surface area contributed by atoms with Gasteiger partial charge in [-0.15, -0.1) is 0 Å². The number of aliphatic hydroxyl groups is 2. The summed E-state index contributed by atoms with van der Waals surface area (Å²) in [5.74, 6) is -1.12. The molecule has 0 saturated carbocycles. The second kappa shape index (κ2) is 6.01. The number of carbonyl (C=O) groups is 1. The monoisotopic (exact) mass is 312 g/mol. The number of benzene rings is 1. The van der Waals surface area contributed by atoms with Crippen LogP contribution in [0.5, 0.6) is 0 Å². The van der Waals surface area contributed by atoms with Crippen molar-refractivity contribution >= 4 is 28.6 Å². The zero-order chi connectivity index (χ0) is 15.7. The Labute approximate surface area is 126 Å². The summed E-state index contributed by atoms with van der Waals surface area (Å²) in [6.45, 7) is 4.52. The van der Waals surface area contributed by atoms with Gasteiger partial charge in [0.2, 0.25) is 0 Å². The quantitative estimate of drug-likeness (QED) is 0.782. The van der Waals surface area contributed by atoms with Gasteiger partial charge in [0.25, 0.3) is 0 Å². The van der Waals surface area contributed by atoms with Crippen LogP contribution in [0, 0.1) is 5.92 Å². The molecule has 1 heterocycles. The van der Waals surface area contributed by atoms with Crippen molar-refractivity contribution in [2.24, 2.45) is 5.92 Å². The Kier molecular flexibility index (Phi) is 4.51. The Hall–Kier alpha value is -1.63. The van der Waals surface area contributed by atoms with E-state index in [2.05, 4.69) is 4.98 Å². The van der Waals surface area contributed by atoms with E-state index in [4.69, 9.17) is 16.7 Å². The lowest BCUT2D eigenvalue weighted by molar-refractivity contribution is -0.153. The highest BCUT2D eigenvalue weighted by molar-refractivity contribution is 6.31. The molecule has 1 aromatic carbocycles. The van der Waals surface area contributed by atoms with Crippen LogP contribution < -0.4 is 0 Å². The first-order valence-electron chi connectivity index (χ1n) is 6.56. The standard InChI is InChI=1S/C14H17ClN2O4/c1-7(2)6-17-10-4-3-8(15)5-9(10)16-13(17)11(18)12(19)14(20)21/h3-5,7,11-12,18-19H,6H2,1-2H3,(H,20,21). The highest BCUT2D eigenvalue weighted by atomic mass is 35.5. The molecule has 2 rings (SSSR count). The zero-order valence-electron chi connectivity index (χ0n) is 11.7. The third-order valence-electron chi connectivity index (χ3n) is 3.10. The van der Waals surface area contributed by atoms with Gasteiger partial charge in [0, 0.05) is 11.6 Å². The summed E-state index contributed by atoms with van der Waals surface area (Å²) in [6, 6.07) is 5.10. The van der Waals surface area contributed by atoms with Gasteiger partial charge < -0.3 is 19.9 Å². The molecule has 21 heavy (non-hydrogen) atoms. The van der Waals surface area contributed by atoms with Gasteiger partial charge in [-0.1, -0.05) is 25.4 Å². The number of carboxylic acids is 1. The van der Waals surface area contributed by atoms with Crippen LogP contribution in [0.15, 0.2) is 18.2 Å². The van der Waals surface area contributed by atoms with E-state index < -0.39 is 18.2 Å². The van der Waals surface area contributed by atoms with Crippen molar-refractivity contribution in [1.82, 2.24) is 9.55 Å². The predicted molar refractivity (Wildman–Crippen MR) is 78.2 cm³/mol. The third kappa shape index (κ3) is 3.18. The second-order valence-corrected chi connectivity index (χ2v) is 5.77. The topological polar surface area (TPSA) is 95.6 Å². The van der Waals surface area contributed by atoms with Crippen LogP contribution in [0.3, 0.4) is 0 Å². The van der Waals surface area contributed by atoms with Crippen molar-refractivity contribution in [3.63, 3.8) is 0 Å². The highest BCUT2D eigenvalue weighted by Crippen LogP contribution is 2.26. The molecule has 0 aliphatic rings. The summed E-state index contributed by atoms with van der Waals surface area (Å²) < 4.78 is 1.72. The van der Waals surface area contributed by atoms with Gasteiger partial charge in [-0.05, 0) is 24.1 Å². The number of aromatic nitrogens is 2. The van der Waals surface area contributed by atoms with Crippen molar-refractivity contribution in [2.75, 3.05) is 0 Å². The first-order valence-corrected chi connectivity index (χ1v) is 6.93. The Morgan fingerprint density at radius 2 is 2.05 bits per heavy atom. The molecule has 0 fully saturated rings. The van der Waals surface area contributed by atoms with Crippen molar-refractivity contribution in [3.05, 3.63) is 29.0 Å². The normalized spacial score (nSPS) is 14.6. The maximum Gasteiger partial charge on any atom is 0.335 e. The molecule has 2 atom stereocenters. The Morgan fingerprint density at radius 3 is 2.62 bits per heavy atom. The molecule has 0 aliphatic carbocycles. The molecule has 7 heteroatoms. The lowest BCUT2D eigenvalue weighted by Gasteiger charge is -2.17. The van der Waals surface area contributed by atoms with Gasteiger partial charge in [0.15, 0.2) is 6.10 Å². The molecule has 0 spiro atoms. The smallest absolute Gasteiger partial charge is 0.335 e. The predicted octanol–water partition coefficient (Wildman–Crippen LogP) is 1.82. The first kappa shape index (κ1) is 15.8. The number of fused-ring (bicyclic) bond motifs is 1. The summed E-state index contributed by atoms with van der Waals surface area (Å²) in [5, 5.41) is 29.0. The third-order valence-corrected chi connectivity index (χ3v) is 3.34. The van der Waals surface area contributed by atoms with Gasteiger partial charge in [-0.2, -0.15) is 0 Å².